The van der Waals surface area contributed by atoms with E-state index in [4.69, 9.17) is 4.74 Å². The number of esters is 1. The number of carbonyl (C=O) groups excluding carboxylic acids is 3. The molecule has 7 heteroatoms. The Hall–Kier alpha value is -1.79. The Balaban J connectivity index is 1.77. The predicted molar refractivity (Wildman–Crippen MR) is 91.9 cm³/mol. The zero-order valence-electron chi connectivity index (χ0n) is 15.0. The van der Waals surface area contributed by atoms with Crippen molar-refractivity contribution in [1.29, 1.82) is 0 Å². The van der Waals surface area contributed by atoms with Crippen LogP contribution in [0.2, 0.25) is 0 Å². The molecule has 0 aromatic carbocycles. The molecule has 0 spiro atoms. The molecule has 0 unspecified atom stereocenters. The van der Waals surface area contributed by atoms with E-state index in [1.807, 2.05) is 0 Å². The average Bonchev–Trinajstić information content (AvgIpc) is 2.62. The van der Waals surface area contributed by atoms with E-state index in [1.165, 1.54) is 13.5 Å². The predicted octanol–water partition coefficient (Wildman–Crippen LogP) is 1.70. The van der Waals surface area contributed by atoms with Crippen molar-refractivity contribution in [3.05, 3.63) is 0 Å². The first-order valence-electron chi connectivity index (χ1n) is 9.56. The van der Waals surface area contributed by atoms with Crippen LogP contribution in [0.15, 0.2) is 0 Å². The first-order chi connectivity index (χ1) is 12.1. The summed E-state index contributed by atoms with van der Waals surface area (Å²) >= 11 is 0. The van der Waals surface area contributed by atoms with Crippen LogP contribution in [0, 0.1) is 0 Å². The summed E-state index contributed by atoms with van der Waals surface area (Å²) in [5.74, 6) is -0.711. The highest BCUT2D eigenvalue weighted by Crippen LogP contribution is 2.30. The van der Waals surface area contributed by atoms with Gasteiger partial charge in [0.05, 0.1) is 19.6 Å². The molecular weight excluding hydrogens is 322 g/mol. The molecule has 1 saturated heterocycles. The van der Waals surface area contributed by atoms with Crippen LogP contribution < -0.4 is 10.6 Å². The summed E-state index contributed by atoms with van der Waals surface area (Å²) in [5.41, 5.74) is 0. The Kier molecular flexibility index (Phi) is 5.81. The first-order valence-corrected chi connectivity index (χ1v) is 9.56. The lowest BCUT2D eigenvalue weighted by Gasteiger charge is -2.48. The molecule has 0 radical (unpaired) electrons. The molecule has 0 aromatic heterocycles. The van der Waals surface area contributed by atoms with E-state index >= 15 is 0 Å². The lowest BCUT2D eigenvalue weighted by molar-refractivity contribution is -0.147. The lowest BCUT2D eigenvalue weighted by Crippen LogP contribution is -2.69. The van der Waals surface area contributed by atoms with Crippen LogP contribution in [0.1, 0.15) is 64.2 Å². The fourth-order valence-corrected chi connectivity index (χ4v) is 4.47. The van der Waals surface area contributed by atoms with Gasteiger partial charge in [-0.3, -0.25) is 9.59 Å². The number of carbonyl (C=O) groups is 3. The Bertz CT molecular complexity index is 518. The molecule has 0 aromatic rings. The minimum absolute atomic E-state index is 0.00717. The average molecular weight is 351 g/mol. The van der Waals surface area contributed by atoms with Crippen molar-refractivity contribution in [3.63, 3.8) is 0 Å². The smallest absolute Gasteiger partial charge is 0.318 e. The topological polar surface area (TPSA) is 87.7 Å². The summed E-state index contributed by atoms with van der Waals surface area (Å²) < 4.78 is 4.74. The number of amides is 3. The van der Waals surface area contributed by atoms with Crippen molar-refractivity contribution in [1.82, 2.24) is 15.5 Å². The minimum Gasteiger partial charge on any atom is -0.469 e. The van der Waals surface area contributed by atoms with Crippen molar-refractivity contribution < 1.29 is 19.1 Å². The van der Waals surface area contributed by atoms with Gasteiger partial charge in [-0.05, 0) is 25.7 Å². The number of nitrogens with zero attached hydrogens (tertiary/aromatic N) is 1. The van der Waals surface area contributed by atoms with E-state index in [2.05, 4.69) is 10.6 Å². The summed E-state index contributed by atoms with van der Waals surface area (Å²) in [4.78, 5) is 39.0. The Morgan fingerprint density at radius 2 is 1.80 bits per heavy atom. The summed E-state index contributed by atoms with van der Waals surface area (Å²) in [5, 5.41) is 6.14. The Labute approximate surface area is 148 Å². The molecule has 2 N–H and O–H groups in total. The monoisotopic (exact) mass is 351 g/mol. The van der Waals surface area contributed by atoms with Gasteiger partial charge in [-0.1, -0.05) is 32.1 Å². The van der Waals surface area contributed by atoms with Crippen molar-refractivity contribution in [3.8, 4) is 0 Å². The number of nitrogens with one attached hydrogen (secondary N) is 2. The van der Waals surface area contributed by atoms with Crippen molar-refractivity contribution >= 4 is 17.9 Å². The first kappa shape index (κ1) is 18.0. The minimum atomic E-state index is -0.782. The number of piperazine rings is 1. The number of hydrogen-bond acceptors (Lipinski definition) is 4. The van der Waals surface area contributed by atoms with Gasteiger partial charge in [0.25, 0.3) is 0 Å². The second kappa shape index (κ2) is 8.06. The van der Waals surface area contributed by atoms with E-state index in [9.17, 15) is 14.4 Å². The lowest BCUT2D eigenvalue weighted by atomic mass is 9.85. The quantitative estimate of drug-likeness (QED) is 0.758. The second-order valence-corrected chi connectivity index (χ2v) is 7.45. The summed E-state index contributed by atoms with van der Waals surface area (Å²) in [7, 11) is 1.30. The van der Waals surface area contributed by atoms with Crippen LogP contribution in [-0.4, -0.2) is 54.1 Å². The van der Waals surface area contributed by atoms with Gasteiger partial charge in [0.2, 0.25) is 5.91 Å². The van der Waals surface area contributed by atoms with Gasteiger partial charge in [0, 0.05) is 12.1 Å². The number of methoxy groups -OCH3 is 1. The molecule has 140 valence electrons. The van der Waals surface area contributed by atoms with Crippen LogP contribution >= 0.6 is 0 Å². The SMILES string of the molecule is COC(=O)C[C@H]1C(=O)N[C@H]2CCCC[C@@H]2N1C(=O)NC1CCCCC1. The highest BCUT2D eigenvalue weighted by Gasteiger charge is 2.46. The third-order valence-corrected chi connectivity index (χ3v) is 5.81. The maximum atomic E-state index is 13.0. The summed E-state index contributed by atoms with van der Waals surface area (Å²) in [6, 6.07) is -0.855. The third-order valence-electron chi connectivity index (χ3n) is 5.81. The fraction of sp³-hybridized carbons (Fsp3) is 0.833. The summed E-state index contributed by atoms with van der Waals surface area (Å²) in [6.07, 6.45) is 9.19. The molecular formula is C18H29N3O4. The van der Waals surface area contributed by atoms with Crippen molar-refractivity contribution in [2.24, 2.45) is 0 Å². The van der Waals surface area contributed by atoms with E-state index in [-0.39, 0.29) is 36.5 Å². The molecule has 3 aliphatic rings. The number of rotatable bonds is 3. The number of urea groups is 1. The maximum Gasteiger partial charge on any atom is 0.318 e. The number of hydrogen-bond donors (Lipinski definition) is 2. The molecule has 7 nitrogen and oxygen atoms in total. The van der Waals surface area contributed by atoms with Crippen LogP contribution in [0.3, 0.4) is 0 Å². The van der Waals surface area contributed by atoms with Gasteiger partial charge in [-0.2, -0.15) is 0 Å². The van der Waals surface area contributed by atoms with Crippen LogP contribution in [0.5, 0.6) is 0 Å². The Morgan fingerprint density at radius 3 is 2.52 bits per heavy atom. The molecule has 1 heterocycles. The van der Waals surface area contributed by atoms with Crippen molar-refractivity contribution in [2.75, 3.05) is 7.11 Å². The van der Waals surface area contributed by atoms with E-state index in [1.54, 1.807) is 4.90 Å². The van der Waals surface area contributed by atoms with Crippen LogP contribution in [0.4, 0.5) is 4.79 Å². The Morgan fingerprint density at radius 1 is 1.12 bits per heavy atom. The standard InChI is InChI=1S/C18H29N3O4/c1-25-16(22)11-15-17(23)20-13-9-5-6-10-14(13)21(15)18(24)19-12-7-3-2-4-8-12/h12-15H,2-11H2,1H3,(H,19,24)(H,20,23)/t13-,14-,15-/m0/s1. The summed E-state index contributed by atoms with van der Waals surface area (Å²) in [6.45, 7) is 0. The highest BCUT2D eigenvalue weighted by molar-refractivity contribution is 5.92. The molecule has 3 amide bonds. The molecule has 2 aliphatic carbocycles. The molecule has 3 fully saturated rings. The van der Waals surface area contributed by atoms with E-state index < -0.39 is 12.0 Å². The van der Waals surface area contributed by atoms with E-state index in [0.29, 0.717) is 0 Å². The zero-order valence-corrected chi connectivity index (χ0v) is 15.0. The van der Waals surface area contributed by atoms with Gasteiger partial charge in [-0.15, -0.1) is 0 Å². The maximum absolute atomic E-state index is 13.0. The van der Waals surface area contributed by atoms with Crippen LogP contribution in [-0.2, 0) is 14.3 Å². The molecule has 0 bridgehead atoms. The largest absolute Gasteiger partial charge is 0.469 e. The molecule has 1 aliphatic heterocycles. The van der Waals surface area contributed by atoms with Gasteiger partial charge in [0.15, 0.2) is 0 Å². The van der Waals surface area contributed by atoms with Gasteiger partial charge in [0.1, 0.15) is 6.04 Å². The normalized spacial score (nSPS) is 30.2. The second-order valence-electron chi connectivity index (χ2n) is 7.45. The van der Waals surface area contributed by atoms with Gasteiger partial charge < -0.3 is 20.3 Å². The number of fused-ring (bicyclic) bond motifs is 1. The third kappa shape index (κ3) is 4.07. The van der Waals surface area contributed by atoms with E-state index in [0.717, 1.165) is 51.4 Å². The zero-order chi connectivity index (χ0) is 17.8. The number of ether oxygens (including phenoxy) is 1. The molecule has 3 atom stereocenters. The molecule has 25 heavy (non-hydrogen) atoms. The van der Waals surface area contributed by atoms with Crippen LogP contribution in [0.25, 0.3) is 0 Å². The molecule has 3 rings (SSSR count). The van der Waals surface area contributed by atoms with Crippen molar-refractivity contribution in [2.45, 2.75) is 88.4 Å². The molecule has 2 saturated carbocycles. The van der Waals surface area contributed by atoms with Gasteiger partial charge >= 0.3 is 12.0 Å². The van der Waals surface area contributed by atoms with Gasteiger partial charge in [-0.25, -0.2) is 4.79 Å². The highest BCUT2D eigenvalue weighted by atomic mass is 16.5. The fourth-order valence-electron chi connectivity index (χ4n) is 4.47.